The molecule has 88 valence electrons. The molecule has 0 spiro atoms. The summed E-state index contributed by atoms with van der Waals surface area (Å²) in [7, 11) is 0. The molecule has 17 heavy (non-hydrogen) atoms. The first-order chi connectivity index (χ1) is 8.22. The zero-order valence-electron chi connectivity index (χ0n) is 9.12. The average Bonchev–Trinajstić information content (AvgIpc) is 2.89. The second-order valence-electron chi connectivity index (χ2n) is 4.47. The summed E-state index contributed by atoms with van der Waals surface area (Å²) in [5.41, 5.74) is 0.303. The van der Waals surface area contributed by atoms with Crippen LogP contribution in [-0.4, -0.2) is 17.2 Å². The lowest BCUT2D eigenvalue weighted by Crippen LogP contribution is -2.14. The quantitative estimate of drug-likeness (QED) is 0.523. The first-order valence-corrected chi connectivity index (χ1v) is 6.08. The van der Waals surface area contributed by atoms with E-state index in [0.29, 0.717) is 11.7 Å². The van der Waals surface area contributed by atoms with Gasteiger partial charge in [-0.15, -0.1) is 0 Å². The maximum Gasteiger partial charge on any atom is 0.143 e. The Kier molecular flexibility index (Phi) is 2.78. The van der Waals surface area contributed by atoms with Gasteiger partial charge in [-0.2, -0.15) is 0 Å². The summed E-state index contributed by atoms with van der Waals surface area (Å²) in [4.78, 5) is 3.82. The smallest absolute Gasteiger partial charge is 0.143 e. The first kappa shape index (κ1) is 11.0. The Labute approximate surface area is 104 Å². The van der Waals surface area contributed by atoms with Crippen molar-refractivity contribution in [3.63, 3.8) is 0 Å². The van der Waals surface area contributed by atoms with Crippen LogP contribution < -0.4 is 0 Å². The number of fused-ring (bicyclic) bond motifs is 2. The van der Waals surface area contributed by atoms with Gasteiger partial charge in [0.1, 0.15) is 11.0 Å². The van der Waals surface area contributed by atoms with E-state index in [2.05, 4.69) is 16.8 Å². The maximum atomic E-state index is 13.5. The zero-order chi connectivity index (χ0) is 11.8. The molecular weight excluding hydrogens is 241 g/mol. The van der Waals surface area contributed by atoms with Crippen molar-refractivity contribution in [2.45, 2.75) is 31.5 Å². The van der Waals surface area contributed by atoms with Crippen molar-refractivity contribution in [3.8, 4) is 11.8 Å². The third-order valence-electron chi connectivity index (χ3n) is 3.32. The Morgan fingerprint density at radius 3 is 3.00 bits per heavy atom. The van der Waals surface area contributed by atoms with Gasteiger partial charge in [-0.3, -0.25) is 0 Å². The van der Waals surface area contributed by atoms with E-state index >= 15 is 0 Å². The molecule has 2 saturated heterocycles. The third kappa shape index (κ3) is 2.15. The topological polar surface area (TPSA) is 22.1 Å². The van der Waals surface area contributed by atoms with Gasteiger partial charge in [0.25, 0.3) is 0 Å². The van der Waals surface area contributed by atoms with Crippen molar-refractivity contribution in [1.29, 1.82) is 0 Å². The minimum absolute atomic E-state index is 0.149. The molecule has 0 N–H and O–H groups in total. The predicted molar refractivity (Wildman–Crippen MR) is 62.1 cm³/mol. The number of hydrogen-bond acceptors (Lipinski definition) is 2. The Morgan fingerprint density at radius 2 is 2.35 bits per heavy atom. The molecule has 2 nitrogen and oxygen atoms in total. The van der Waals surface area contributed by atoms with Crippen molar-refractivity contribution < 1.29 is 9.13 Å². The van der Waals surface area contributed by atoms with Crippen LogP contribution in [0.2, 0.25) is 5.15 Å². The van der Waals surface area contributed by atoms with Crippen molar-refractivity contribution in [3.05, 3.63) is 28.8 Å². The van der Waals surface area contributed by atoms with Crippen molar-refractivity contribution in [1.82, 2.24) is 4.98 Å². The standard InChI is InChI=1S/C13H11ClFNO/c14-13-6-11(15)9(7-16-13)2-1-8-5-10-3-4-12(8)17-10/h6-8,10,12H,3-5H2. The largest absolute Gasteiger partial charge is 0.374 e. The van der Waals surface area contributed by atoms with Crippen LogP contribution in [0.25, 0.3) is 0 Å². The maximum absolute atomic E-state index is 13.5. The molecule has 0 aromatic carbocycles. The highest BCUT2D eigenvalue weighted by atomic mass is 35.5. The van der Waals surface area contributed by atoms with E-state index in [1.165, 1.54) is 12.3 Å². The van der Waals surface area contributed by atoms with Crippen LogP contribution in [0.4, 0.5) is 4.39 Å². The summed E-state index contributed by atoms with van der Waals surface area (Å²) in [5, 5.41) is 0.149. The van der Waals surface area contributed by atoms with Gasteiger partial charge in [0, 0.05) is 18.2 Å². The highest BCUT2D eigenvalue weighted by molar-refractivity contribution is 6.29. The van der Waals surface area contributed by atoms with Gasteiger partial charge in [0.2, 0.25) is 0 Å². The monoisotopic (exact) mass is 251 g/mol. The van der Waals surface area contributed by atoms with Crippen LogP contribution in [0.3, 0.4) is 0 Å². The van der Waals surface area contributed by atoms with E-state index in [-0.39, 0.29) is 17.2 Å². The zero-order valence-corrected chi connectivity index (χ0v) is 9.88. The van der Waals surface area contributed by atoms with E-state index in [1.54, 1.807) is 0 Å². The minimum atomic E-state index is -0.415. The molecule has 0 radical (unpaired) electrons. The first-order valence-electron chi connectivity index (χ1n) is 5.70. The second kappa shape index (κ2) is 4.29. The molecular formula is C13H11ClFNO. The highest BCUT2D eigenvalue weighted by Gasteiger charge is 2.39. The van der Waals surface area contributed by atoms with Crippen LogP contribution in [0, 0.1) is 23.6 Å². The van der Waals surface area contributed by atoms with Gasteiger partial charge in [-0.05, 0) is 19.3 Å². The second-order valence-corrected chi connectivity index (χ2v) is 4.86. The fourth-order valence-electron chi connectivity index (χ4n) is 2.46. The van der Waals surface area contributed by atoms with Gasteiger partial charge in [-0.1, -0.05) is 23.4 Å². The van der Waals surface area contributed by atoms with Gasteiger partial charge >= 0.3 is 0 Å². The molecule has 3 rings (SSSR count). The van der Waals surface area contributed by atoms with Crippen LogP contribution in [-0.2, 0) is 4.74 Å². The molecule has 4 heteroatoms. The molecule has 1 aromatic rings. The molecule has 3 unspecified atom stereocenters. The summed E-state index contributed by atoms with van der Waals surface area (Å²) >= 11 is 5.58. The summed E-state index contributed by atoms with van der Waals surface area (Å²) in [6, 6.07) is 1.18. The lowest BCUT2D eigenvalue weighted by atomic mass is 9.89. The van der Waals surface area contributed by atoms with E-state index in [1.807, 2.05) is 0 Å². The normalized spacial score (nSPS) is 30.1. The van der Waals surface area contributed by atoms with Crippen molar-refractivity contribution in [2.75, 3.05) is 0 Å². The Balaban J connectivity index is 1.79. The van der Waals surface area contributed by atoms with E-state index in [0.717, 1.165) is 19.3 Å². The molecule has 0 saturated carbocycles. The summed E-state index contributed by atoms with van der Waals surface area (Å²) < 4.78 is 19.1. The average molecular weight is 252 g/mol. The molecule has 0 amide bonds. The van der Waals surface area contributed by atoms with Crippen molar-refractivity contribution >= 4 is 11.6 Å². The molecule has 2 aliphatic heterocycles. The van der Waals surface area contributed by atoms with Crippen molar-refractivity contribution in [2.24, 2.45) is 5.92 Å². The number of hydrogen-bond donors (Lipinski definition) is 0. The fraction of sp³-hybridized carbons (Fsp3) is 0.462. The van der Waals surface area contributed by atoms with Crippen LogP contribution >= 0.6 is 11.6 Å². The number of rotatable bonds is 0. The summed E-state index contributed by atoms with van der Waals surface area (Å²) in [6.07, 6.45) is 5.17. The number of halogens is 2. The minimum Gasteiger partial charge on any atom is -0.374 e. The summed E-state index contributed by atoms with van der Waals surface area (Å²) in [5.74, 6) is 5.76. The SMILES string of the molecule is Fc1cc(Cl)ncc1C#CC1CC2CCC1O2. The number of nitrogens with zero attached hydrogens (tertiary/aromatic N) is 1. The van der Waals surface area contributed by atoms with Gasteiger partial charge in [-0.25, -0.2) is 9.37 Å². The van der Waals surface area contributed by atoms with E-state index in [4.69, 9.17) is 16.3 Å². The van der Waals surface area contributed by atoms with Gasteiger partial charge in [0.15, 0.2) is 0 Å². The summed E-state index contributed by atoms with van der Waals surface area (Å²) in [6.45, 7) is 0. The number of pyridine rings is 1. The molecule has 2 bridgehead atoms. The third-order valence-corrected chi connectivity index (χ3v) is 3.53. The molecule has 2 aliphatic rings. The highest BCUT2D eigenvalue weighted by Crippen LogP contribution is 2.38. The van der Waals surface area contributed by atoms with Crippen LogP contribution in [0.15, 0.2) is 12.3 Å². The molecule has 3 heterocycles. The molecule has 0 aliphatic carbocycles. The van der Waals surface area contributed by atoms with Crippen LogP contribution in [0.1, 0.15) is 24.8 Å². The Morgan fingerprint density at radius 1 is 1.47 bits per heavy atom. The molecule has 2 fully saturated rings. The van der Waals surface area contributed by atoms with Gasteiger partial charge in [0.05, 0.1) is 17.8 Å². The van der Waals surface area contributed by atoms with E-state index in [9.17, 15) is 4.39 Å². The molecule has 3 atom stereocenters. The fourth-order valence-corrected chi connectivity index (χ4v) is 2.60. The van der Waals surface area contributed by atoms with E-state index < -0.39 is 5.82 Å². The molecule has 1 aromatic heterocycles. The number of ether oxygens (including phenoxy) is 1. The van der Waals surface area contributed by atoms with Gasteiger partial charge < -0.3 is 4.74 Å². The lowest BCUT2D eigenvalue weighted by molar-refractivity contribution is 0.0987. The van der Waals surface area contributed by atoms with Crippen LogP contribution in [0.5, 0.6) is 0 Å². The Hall–Kier alpha value is -1.11. The number of aromatic nitrogens is 1. The predicted octanol–water partition coefficient (Wildman–Crippen LogP) is 2.79. The lowest BCUT2D eigenvalue weighted by Gasteiger charge is -2.11. The Bertz CT molecular complexity index is 508.